The molecular weight excluding hydrogens is 228 g/mol. The van der Waals surface area contributed by atoms with Crippen LogP contribution in [0, 0.1) is 12.3 Å². The second-order valence-electron chi connectivity index (χ2n) is 5.33. The van der Waals surface area contributed by atoms with Gasteiger partial charge in [-0.25, -0.2) is 4.98 Å². The molecule has 102 valence electrons. The first-order chi connectivity index (χ1) is 8.48. The van der Waals surface area contributed by atoms with E-state index in [1.807, 2.05) is 20.8 Å². The first-order valence-corrected chi connectivity index (χ1v) is 6.41. The highest BCUT2D eigenvalue weighted by molar-refractivity contribution is 5.46. The minimum Gasteiger partial charge on any atom is -0.396 e. The van der Waals surface area contributed by atoms with Crippen LogP contribution in [-0.2, 0) is 0 Å². The molecule has 0 bridgehead atoms. The summed E-state index contributed by atoms with van der Waals surface area (Å²) in [5, 5.41) is 15.7. The van der Waals surface area contributed by atoms with Crippen LogP contribution in [0.1, 0.15) is 32.8 Å². The number of aryl methyl sites for hydroxylation is 1. The molecule has 1 aromatic heterocycles. The van der Waals surface area contributed by atoms with Crippen molar-refractivity contribution < 1.29 is 5.11 Å². The third kappa shape index (κ3) is 4.49. The maximum absolute atomic E-state index is 9.23. The molecule has 1 rings (SSSR count). The fraction of sp³-hybridized carbons (Fsp3) is 0.692. The van der Waals surface area contributed by atoms with Crippen molar-refractivity contribution in [1.82, 2.24) is 9.97 Å². The number of anilines is 2. The summed E-state index contributed by atoms with van der Waals surface area (Å²) < 4.78 is 0. The second kappa shape index (κ2) is 6.54. The lowest BCUT2D eigenvalue weighted by Gasteiger charge is -2.22. The summed E-state index contributed by atoms with van der Waals surface area (Å²) in [6.45, 7) is 9.77. The Hall–Kier alpha value is -1.36. The Morgan fingerprint density at radius 3 is 2.67 bits per heavy atom. The van der Waals surface area contributed by atoms with Crippen molar-refractivity contribution in [1.29, 1.82) is 0 Å². The predicted molar refractivity (Wildman–Crippen MR) is 74.9 cm³/mol. The minimum atomic E-state index is -0.158. The van der Waals surface area contributed by atoms with E-state index in [2.05, 4.69) is 27.5 Å². The lowest BCUT2D eigenvalue weighted by atomic mass is 9.95. The Morgan fingerprint density at radius 1 is 1.33 bits per heavy atom. The van der Waals surface area contributed by atoms with Crippen LogP contribution in [0.2, 0.25) is 0 Å². The zero-order valence-electron chi connectivity index (χ0n) is 11.7. The summed E-state index contributed by atoms with van der Waals surface area (Å²) in [5.74, 6) is 1.47. The van der Waals surface area contributed by atoms with E-state index in [1.165, 1.54) is 0 Å². The minimum absolute atomic E-state index is 0.144. The molecule has 0 unspecified atom stereocenters. The van der Waals surface area contributed by atoms with Crippen molar-refractivity contribution in [2.75, 3.05) is 30.3 Å². The van der Waals surface area contributed by atoms with E-state index in [9.17, 15) is 5.11 Å². The van der Waals surface area contributed by atoms with Crippen molar-refractivity contribution >= 4 is 11.8 Å². The maximum Gasteiger partial charge on any atom is 0.224 e. The van der Waals surface area contributed by atoms with E-state index in [-0.39, 0.29) is 12.0 Å². The molecule has 0 aliphatic heterocycles. The third-order valence-electron chi connectivity index (χ3n) is 2.67. The maximum atomic E-state index is 9.23. The molecule has 0 atom stereocenters. The predicted octanol–water partition coefficient (Wildman–Crippen LogP) is 2.04. The fourth-order valence-corrected chi connectivity index (χ4v) is 1.32. The van der Waals surface area contributed by atoms with Crippen molar-refractivity contribution in [2.45, 2.75) is 34.1 Å². The second-order valence-corrected chi connectivity index (χ2v) is 5.33. The van der Waals surface area contributed by atoms with Crippen molar-refractivity contribution in [3.05, 3.63) is 11.8 Å². The summed E-state index contributed by atoms with van der Waals surface area (Å²) in [6.07, 6.45) is 2.84. The fourth-order valence-electron chi connectivity index (χ4n) is 1.32. The molecule has 5 nitrogen and oxygen atoms in total. The molecular formula is C13H24N4O. The molecule has 0 fully saturated rings. The van der Waals surface area contributed by atoms with Gasteiger partial charge in [0.15, 0.2) is 0 Å². The van der Waals surface area contributed by atoms with Gasteiger partial charge in [0.05, 0.1) is 0 Å². The molecule has 5 heteroatoms. The first-order valence-electron chi connectivity index (χ1n) is 6.41. The van der Waals surface area contributed by atoms with Crippen LogP contribution in [-0.4, -0.2) is 34.8 Å². The van der Waals surface area contributed by atoms with Crippen LogP contribution in [0.4, 0.5) is 11.8 Å². The van der Waals surface area contributed by atoms with Gasteiger partial charge in [-0.05, 0) is 13.3 Å². The van der Waals surface area contributed by atoms with E-state index in [4.69, 9.17) is 0 Å². The summed E-state index contributed by atoms with van der Waals surface area (Å²) in [4.78, 5) is 8.66. The highest BCUT2D eigenvalue weighted by Gasteiger charge is 2.16. The van der Waals surface area contributed by atoms with Crippen molar-refractivity contribution in [2.24, 2.45) is 5.41 Å². The number of rotatable bonds is 7. The Balaban J connectivity index is 2.69. The summed E-state index contributed by atoms with van der Waals surface area (Å²) in [5.41, 5.74) is 0.847. The van der Waals surface area contributed by atoms with Crippen molar-refractivity contribution in [3.8, 4) is 0 Å². The molecule has 18 heavy (non-hydrogen) atoms. The van der Waals surface area contributed by atoms with Gasteiger partial charge in [0.25, 0.3) is 0 Å². The molecule has 0 radical (unpaired) electrons. The Morgan fingerprint density at radius 2 is 2.06 bits per heavy atom. The van der Waals surface area contributed by atoms with Crippen LogP contribution < -0.4 is 10.6 Å². The summed E-state index contributed by atoms with van der Waals surface area (Å²) >= 11 is 0. The van der Waals surface area contributed by atoms with Crippen LogP contribution in [0.25, 0.3) is 0 Å². The van der Waals surface area contributed by atoms with E-state index >= 15 is 0 Å². The third-order valence-corrected chi connectivity index (χ3v) is 2.67. The first kappa shape index (κ1) is 14.7. The summed E-state index contributed by atoms with van der Waals surface area (Å²) in [7, 11) is 0. The lowest BCUT2D eigenvalue weighted by molar-refractivity contribution is 0.170. The number of aliphatic hydroxyl groups is 1. The van der Waals surface area contributed by atoms with Crippen LogP contribution in [0.3, 0.4) is 0 Å². The van der Waals surface area contributed by atoms with Gasteiger partial charge in [-0.1, -0.05) is 20.8 Å². The molecule has 0 aliphatic rings. The molecule has 0 saturated heterocycles. The normalized spacial score (nSPS) is 11.4. The van der Waals surface area contributed by atoms with Gasteiger partial charge >= 0.3 is 0 Å². The van der Waals surface area contributed by atoms with E-state index in [0.29, 0.717) is 12.5 Å². The highest BCUT2D eigenvalue weighted by Crippen LogP contribution is 2.17. The molecule has 0 saturated carbocycles. The highest BCUT2D eigenvalue weighted by atomic mass is 16.3. The number of nitrogens with zero attached hydrogens (tertiary/aromatic N) is 2. The summed E-state index contributed by atoms with van der Waals surface area (Å²) in [6, 6.07) is 0. The van der Waals surface area contributed by atoms with E-state index in [1.54, 1.807) is 6.20 Å². The molecule has 3 N–H and O–H groups in total. The van der Waals surface area contributed by atoms with Gasteiger partial charge in [0, 0.05) is 36.9 Å². The number of aliphatic hydroxyl groups excluding tert-OH is 1. The SMILES string of the molecule is CCCNc1ncc(C)c(NCC(C)(C)CO)n1. The monoisotopic (exact) mass is 252 g/mol. The molecule has 0 aliphatic carbocycles. The topological polar surface area (TPSA) is 70.1 Å². The number of aromatic nitrogens is 2. The molecule has 0 amide bonds. The average Bonchev–Trinajstić information content (AvgIpc) is 2.36. The molecule has 0 spiro atoms. The van der Waals surface area contributed by atoms with Crippen LogP contribution in [0.15, 0.2) is 6.20 Å². The van der Waals surface area contributed by atoms with Gasteiger partial charge < -0.3 is 15.7 Å². The Labute approximate surface area is 109 Å². The zero-order chi connectivity index (χ0) is 13.6. The van der Waals surface area contributed by atoms with Gasteiger partial charge in [-0.2, -0.15) is 4.98 Å². The van der Waals surface area contributed by atoms with E-state index in [0.717, 1.165) is 24.3 Å². The van der Waals surface area contributed by atoms with Crippen LogP contribution >= 0.6 is 0 Å². The van der Waals surface area contributed by atoms with E-state index < -0.39 is 0 Å². The van der Waals surface area contributed by atoms with Gasteiger partial charge in [0.1, 0.15) is 5.82 Å². The Bertz CT molecular complexity index is 379. The largest absolute Gasteiger partial charge is 0.396 e. The number of hydrogen-bond donors (Lipinski definition) is 3. The molecule has 1 aromatic rings. The number of nitrogens with one attached hydrogen (secondary N) is 2. The molecule has 0 aromatic carbocycles. The smallest absolute Gasteiger partial charge is 0.224 e. The quantitative estimate of drug-likeness (QED) is 0.692. The lowest BCUT2D eigenvalue weighted by Crippen LogP contribution is -2.27. The number of hydrogen-bond acceptors (Lipinski definition) is 5. The average molecular weight is 252 g/mol. The van der Waals surface area contributed by atoms with Gasteiger partial charge in [-0.15, -0.1) is 0 Å². The standard InChI is InChI=1S/C13H24N4O/c1-5-6-14-12-15-7-10(2)11(17-12)16-8-13(3,4)9-18/h7,18H,5-6,8-9H2,1-4H3,(H2,14,15,16,17). The van der Waals surface area contributed by atoms with Crippen LogP contribution in [0.5, 0.6) is 0 Å². The van der Waals surface area contributed by atoms with Gasteiger partial charge in [-0.3, -0.25) is 0 Å². The van der Waals surface area contributed by atoms with Crippen molar-refractivity contribution in [3.63, 3.8) is 0 Å². The Kier molecular flexibility index (Phi) is 5.34. The zero-order valence-corrected chi connectivity index (χ0v) is 11.7. The molecule has 1 heterocycles. The van der Waals surface area contributed by atoms with Gasteiger partial charge in [0.2, 0.25) is 5.95 Å².